The first-order valence-corrected chi connectivity index (χ1v) is 8.92. The Bertz CT molecular complexity index is 972. The first-order chi connectivity index (χ1) is 12.7. The van der Waals surface area contributed by atoms with Crippen LogP contribution in [0.15, 0.2) is 41.6 Å². The summed E-state index contributed by atoms with van der Waals surface area (Å²) in [6.45, 7) is 0.963. The van der Waals surface area contributed by atoms with Crippen molar-refractivity contribution in [2.45, 2.75) is 30.2 Å². The van der Waals surface area contributed by atoms with Crippen molar-refractivity contribution in [1.82, 2.24) is 9.29 Å². The lowest BCUT2D eigenvalue weighted by molar-refractivity contribution is -0.171. The Morgan fingerprint density at radius 1 is 1.04 bits per heavy atom. The van der Waals surface area contributed by atoms with Crippen molar-refractivity contribution in [2.24, 2.45) is 0 Å². The lowest BCUT2D eigenvalue weighted by Gasteiger charge is -2.30. The molecule has 1 atom stereocenters. The molecule has 154 valence electrons. The largest absolute Gasteiger partial charge is 0.416 e. The highest BCUT2D eigenvalue weighted by molar-refractivity contribution is 7.89. The van der Waals surface area contributed by atoms with Crippen LogP contribution in [0.25, 0.3) is 0 Å². The molecular weight excluding hydrogens is 417 g/mol. The molecule has 0 bridgehead atoms. The van der Waals surface area contributed by atoms with Crippen molar-refractivity contribution in [3.05, 3.63) is 59.2 Å². The molecule has 2 rings (SSSR count). The lowest BCUT2D eigenvalue weighted by atomic mass is 10.00. The quantitative estimate of drug-likeness (QED) is 0.673. The normalized spacial score (nSPS) is 14.4. The van der Waals surface area contributed by atoms with Crippen LogP contribution in [0, 0.1) is 12.7 Å². The maximum Gasteiger partial charge on any atom is 0.416 e. The Kier molecular flexibility index (Phi) is 5.77. The zero-order valence-electron chi connectivity index (χ0n) is 14.3. The molecule has 0 aliphatic carbocycles. The Hall–Kier alpha value is -2.21. The second-order valence-electron chi connectivity index (χ2n) is 5.88. The van der Waals surface area contributed by atoms with Gasteiger partial charge in [-0.2, -0.15) is 30.6 Å². The summed E-state index contributed by atoms with van der Waals surface area (Å²) >= 11 is 0. The van der Waals surface area contributed by atoms with Crippen LogP contribution in [-0.2, 0) is 16.2 Å². The van der Waals surface area contributed by atoms with E-state index >= 15 is 0 Å². The summed E-state index contributed by atoms with van der Waals surface area (Å²) in [7, 11) is -4.25. The van der Waals surface area contributed by atoms with Crippen LogP contribution >= 0.6 is 0 Å². The van der Waals surface area contributed by atoms with Gasteiger partial charge in [-0.05, 0) is 30.2 Å². The molecule has 0 amide bonds. The number of alkyl halides is 6. The highest BCUT2D eigenvalue weighted by Gasteiger charge is 2.48. The van der Waals surface area contributed by atoms with E-state index in [0.717, 1.165) is 6.92 Å². The van der Waals surface area contributed by atoms with E-state index in [1.165, 1.54) is 0 Å². The molecule has 0 spiro atoms. The van der Waals surface area contributed by atoms with Gasteiger partial charge in [0.2, 0.25) is 10.0 Å². The molecule has 28 heavy (non-hydrogen) atoms. The summed E-state index contributed by atoms with van der Waals surface area (Å²) in [5, 5.41) is 0. The molecule has 0 saturated heterocycles. The Morgan fingerprint density at radius 3 is 2.11 bits per heavy atom. The number of aromatic nitrogens is 1. The van der Waals surface area contributed by atoms with Gasteiger partial charge in [0, 0.05) is 13.2 Å². The SMILES string of the molecule is Cc1cc([C@@H](N(C)S(=O)(=O)c2cncc(F)c2)C(F)(F)F)ccc1C(F)(F)F. The predicted molar refractivity (Wildman–Crippen MR) is 84.1 cm³/mol. The predicted octanol–water partition coefficient (Wildman–Crippen LogP) is 4.47. The number of halogens is 7. The minimum atomic E-state index is -5.16. The average molecular weight is 430 g/mol. The maximum absolute atomic E-state index is 13.6. The molecule has 1 heterocycles. The number of sulfonamides is 1. The van der Waals surface area contributed by atoms with Crippen LogP contribution in [0.1, 0.15) is 22.7 Å². The molecule has 0 fully saturated rings. The number of pyridine rings is 1. The van der Waals surface area contributed by atoms with E-state index in [1.54, 1.807) is 0 Å². The van der Waals surface area contributed by atoms with Crippen molar-refractivity contribution in [1.29, 1.82) is 0 Å². The van der Waals surface area contributed by atoms with Crippen molar-refractivity contribution < 1.29 is 39.2 Å². The fourth-order valence-corrected chi connectivity index (χ4v) is 3.93. The molecule has 12 heteroatoms. The van der Waals surface area contributed by atoms with Gasteiger partial charge in [0.15, 0.2) is 0 Å². The van der Waals surface area contributed by atoms with Crippen molar-refractivity contribution >= 4 is 10.0 Å². The summed E-state index contributed by atoms with van der Waals surface area (Å²) in [4.78, 5) is 2.47. The first-order valence-electron chi connectivity index (χ1n) is 7.48. The van der Waals surface area contributed by atoms with Crippen LogP contribution in [0.2, 0.25) is 0 Å². The van der Waals surface area contributed by atoms with Gasteiger partial charge in [0.05, 0.1) is 11.8 Å². The Labute approximate surface area is 155 Å². The zero-order chi connectivity index (χ0) is 21.5. The number of aryl methyl sites for hydroxylation is 1. The van der Waals surface area contributed by atoms with Gasteiger partial charge < -0.3 is 0 Å². The summed E-state index contributed by atoms with van der Waals surface area (Å²) < 4.78 is 118. The Morgan fingerprint density at radius 2 is 1.64 bits per heavy atom. The molecule has 4 nitrogen and oxygen atoms in total. The molecule has 0 aliphatic rings. The van der Waals surface area contributed by atoms with Gasteiger partial charge in [0.25, 0.3) is 0 Å². The molecule has 1 aromatic carbocycles. The van der Waals surface area contributed by atoms with Crippen molar-refractivity contribution in [3.63, 3.8) is 0 Å². The molecule has 0 radical (unpaired) electrons. The van der Waals surface area contributed by atoms with Gasteiger partial charge in [-0.3, -0.25) is 4.98 Å². The summed E-state index contributed by atoms with van der Waals surface area (Å²) in [6.07, 6.45) is -8.60. The lowest BCUT2D eigenvalue weighted by Crippen LogP contribution is -2.40. The number of nitrogens with zero attached hydrogens (tertiary/aromatic N) is 2. The van der Waals surface area contributed by atoms with Gasteiger partial charge in [-0.15, -0.1) is 0 Å². The maximum atomic E-state index is 13.6. The van der Waals surface area contributed by atoms with Crippen LogP contribution < -0.4 is 0 Å². The second kappa shape index (κ2) is 7.32. The summed E-state index contributed by atoms with van der Waals surface area (Å²) in [6, 6.07) is -0.667. The molecule has 1 aromatic heterocycles. The monoisotopic (exact) mass is 430 g/mol. The fraction of sp³-hybridized carbons (Fsp3) is 0.312. The minimum Gasteiger partial charge on any atom is -0.260 e. The smallest absolute Gasteiger partial charge is 0.260 e. The Balaban J connectivity index is 2.58. The van der Waals surface area contributed by atoms with Gasteiger partial charge in [0.1, 0.15) is 16.8 Å². The van der Waals surface area contributed by atoms with E-state index in [-0.39, 0.29) is 4.31 Å². The third-order valence-electron chi connectivity index (χ3n) is 3.90. The molecule has 0 N–H and O–H groups in total. The van der Waals surface area contributed by atoms with Crippen LogP contribution in [0.4, 0.5) is 30.7 Å². The van der Waals surface area contributed by atoms with E-state index in [2.05, 4.69) is 4.98 Å². The third kappa shape index (κ3) is 4.43. The van der Waals surface area contributed by atoms with Crippen molar-refractivity contribution in [3.8, 4) is 0 Å². The molecule has 0 saturated carbocycles. The standard InChI is InChI=1S/C16H13F7N2O2S/c1-9-5-10(3-4-13(9)15(18,19)20)14(16(21,22)23)25(2)28(26,27)12-6-11(17)7-24-8-12/h3-8,14H,1-2H3/t14-/m1/s1. The van der Waals surface area contributed by atoms with Crippen LogP contribution in [0.5, 0.6) is 0 Å². The number of benzene rings is 1. The zero-order valence-corrected chi connectivity index (χ0v) is 15.1. The summed E-state index contributed by atoms with van der Waals surface area (Å²) in [5.74, 6) is -1.08. The summed E-state index contributed by atoms with van der Waals surface area (Å²) in [5.41, 5.74) is -2.36. The average Bonchev–Trinajstić information content (AvgIpc) is 2.52. The molecular formula is C16H13F7N2O2S. The highest BCUT2D eigenvalue weighted by atomic mass is 32.2. The molecule has 0 unspecified atom stereocenters. The van der Waals surface area contributed by atoms with E-state index in [9.17, 15) is 39.2 Å². The van der Waals surface area contributed by atoms with E-state index < -0.39 is 55.8 Å². The minimum absolute atomic E-state index is 0.0779. The third-order valence-corrected chi connectivity index (χ3v) is 5.69. The number of hydrogen-bond acceptors (Lipinski definition) is 3. The van der Waals surface area contributed by atoms with E-state index in [0.29, 0.717) is 43.7 Å². The van der Waals surface area contributed by atoms with E-state index in [4.69, 9.17) is 0 Å². The second-order valence-corrected chi connectivity index (χ2v) is 7.87. The van der Waals surface area contributed by atoms with Gasteiger partial charge in [-0.1, -0.05) is 12.1 Å². The van der Waals surface area contributed by atoms with Crippen LogP contribution in [0.3, 0.4) is 0 Å². The van der Waals surface area contributed by atoms with Gasteiger partial charge in [-0.25, -0.2) is 12.8 Å². The fourth-order valence-electron chi connectivity index (χ4n) is 2.62. The van der Waals surface area contributed by atoms with Gasteiger partial charge >= 0.3 is 12.4 Å². The van der Waals surface area contributed by atoms with E-state index in [1.807, 2.05) is 0 Å². The molecule has 2 aromatic rings. The van der Waals surface area contributed by atoms with Crippen LogP contribution in [-0.4, -0.2) is 30.9 Å². The first kappa shape index (κ1) is 22.1. The number of hydrogen-bond donors (Lipinski definition) is 0. The topological polar surface area (TPSA) is 50.3 Å². The highest BCUT2D eigenvalue weighted by Crippen LogP contribution is 2.41. The number of rotatable bonds is 4. The molecule has 0 aliphatic heterocycles. The van der Waals surface area contributed by atoms with Crippen molar-refractivity contribution in [2.75, 3.05) is 7.05 Å².